The fraction of sp³-hybridized carbons (Fsp3) is 0.556. The van der Waals surface area contributed by atoms with E-state index in [4.69, 9.17) is 16.5 Å². The van der Waals surface area contributed by atoms with Crippen LogP contribution in [-0.2, 0) is 12.8 Å². The van der Waals surface area contributed by atoms with Crippen molar-refractivity contribution in [3.8, 4) is 5.75 Å². The Kier molecular flexibility index (Phi) is 3.62. The number of fused-ring (bicyclic) bond motifs is 1. The van der Waals surface area contributed by atoms with Crippen LogP contribution in [0.2, 0.25) is 0 Å². The summed E-state index contributed by atoms with van der Waals surface area (Å²) in [6.45, 7) is 0. The Balaban J connectivity index is 1.86. The van der Waals surface area contributed by atoms with Crippen LogP contribution in [0.1, 0.15) is 56.1 Å². The highest BCUT2D eigenvalue weighted by Crippen LogP contribution is 2.43. The molecule has 0 radical (unpaired) electrons. The predicted octanol–water partition coefficient (Wildman–Crippen LogP) is 2.38. The van der Waals surface area contributed by atoms with Crippen LogP contribution in [0.25, 0.3) is 0 Å². The highest BCUT2D eigenvalue weighted by Gasteiger charge is 2.43. The number of aliphatic imine (C=N–C) groups is 2. The van der Waals surface area contributed by atoms with E-state index in [-0.39, 0.29) is 5.96 Å². The largest absolute Gasteiger partial charge is 0.508 e. The van der Waals surface area contributed by atoms with Crippen molar-refractivity contribution < 1.29 is 5.11 Å². The van der Waals surface area contributed by atoms with Gasteiger partial charge in [0.25, 0.3) is 0 Å². The highest BCUT2D eigenvalue weighted by atomic mass is 16.3. The smallest absolute Gasteiger partial charge is 0.220 e. The van der Waals surface area contributed by atoms with Crippen molar-refractivity contribution in [2.24, 2.45) is 21.5 Å². The first kappa shape index (κ1) is 15.3. The molecule has 0 unspecified atom stereocenters. The molecule has 1 aromatic rings. The van der Waals surface area contributed by atoms with E-state index in [2.05, 4.69) is 9.89 Å². The second-order valence-corrected chi connectivity index (χ2v) is 7.09. The van der Waals surface area contributed by atoms with Gasteiger partial charge in [-0.25, -0.2) is 4.99 Å². The van der Waals surface area contributed by atoms with E-state index in [1.165, 1.54) is 12.0 Å². The van der Waals surface area contributed by atoms with E-state index in [0.717, 1.165) is 62.6 Å². The molecule has 0 bridgehead atoms. The van der Waals surface area contributed by atoms with Gasteiger partial charge in [-0.05, 0) is 74.6 Å². The number of rotatable bonds is 1. The number of benzene rings is 1. The molecule has 0 amide bonds. The SMILES string of the molecule is NC1=NC2(CCCCC2)N(c2ccc(O)c3c2CCCC3)C(N)=N1. The third-order valence-corrected chi connectivity index (χ3v) is 5.58. The minimum Gasteiger partial charge on any atom is -0.508 e. The summed E-state index contributed by atoms with van der Waals surface area (Å²) in [4.78, 5) is 11.1. The van der Waals surface area contributed by atoms with Crippen LogP contribution in [-0.4, -0.2) is 22.7 Å². The lowest BCUT2D eigenvalue weighted by atomic mass is 9.84. The number of hydrogen-bond acceptors (Lipinski definition) is 6. The van der Waals surface area contributed by atoms with Gasteiger partial charge in [-0.3, -0.25) is 4.90 Å². The molecule has 3 aliphatic rings. The molecule has 1 heterocycles. The monoisotopic (exact) mass is 327 g/mol. The maximum Gasteiger partial charge on any atom is 0.220 e. The summed E-state index contributed by atoms with van der Waals surface area (Å²) in [5.74, 6) is 1.09. The molecule has 1 aliphatic heterocycles. The average Bonchev–Trinajstić information content (AvgIpc) is 2.57. The number of hydrogen-bond donors (Lipinski definition) is 3. The van der Waals surface area contributed by atoms with Crippen molar-refractivity contribution in [1.82, 2.24) is 0 Å². The standard InChI is InChI=1S/C18H25N5O/c19-16-21-17(20)23(18(22-16)10-4-1-5-11-18)14-8-9-15(24)13-7-3-2-6-12(13)14/h8-9,24H,1-7,10-11H2,(H4,19,20,21,22). The summed E-state index contributed by atoms with van der Waals surface area (Å²) in [7, 11) is 0. The molecule has 24 heavy (non-hydrogen) atoms. The Bertz CT molecular complexity index is 718. The van der Waals surface area contributed by atoms with Crippen LogP contribution in [0.15, 0.2) is 22.1 Å². The van der Waals surface area contributed by atoms with Crippen molar-refractivity contribution in [2.75, 3.05) is 4.90 Å². The fourth-order valence-corrected chi connectivity index (χ4v) is 4.51. The molecule has 1 saturated carbocycles. The number of nitrogens with zero attached hydrogens (tertiary/aromatic N) is 3. The number of phenolic OH excluding ortho intramolecular Hbond substituents is 1. The van der Waals surface area contributed by atoms with Crippen LogP contribution >= 0.6 is 0 Å². The molecule has 2 aliphatic carbocycles. The Hall–Kier alpha value is -2.24. The van der Waals surface area contributed by atoms with Gasteiger partial charge in [0.05, 0.1) is 0 Å². The lowest BCUT2D eigenvalue weighted by Gasteiger charge is -2.46. The number of aromatic hydroxyl groups is 1. The average molecular weight is 327 g/mol. The first-order valence-electron chi connectivity index (χ1n) is 8.94. The Morgan fingerprint density at radius 2 is 1.67 bits per heavy atom. The van der Waals surface area contributed by atoms with Crippen LogP contribution in [0.5, 0.6) is 5.75 Å². The van der Waals surface area contributed by atoms with Gasteiger partial charge in [-0.1, -0.05) is 6.42 Å². The normalized spacial score (nSPS) is 22.8. The van der Waals surface area contributed by atoms with Gasteiger partial charge in [-0.2, -0.15) is 4.99 Å². The second-order valence-electron chi connectivity index (χ2n) is 7.09. The molecule has 4 rings (SSSR count). The van der Waals surface area contributed by atoms with E-state index in [1.54, 1.807) is 6.07 Å². The summed E-state index contributed by atoms with van der Waals surface area (Å²) in [6.07, 6.45) is 9.42. The molecule has 0 aromatic heterocycles. The first-order valence-corrected chi connectivity index (χ1v) is 8.94. The summed E-state index contributed by atoms with van der Waals surface area (Å²) in [6, 6.07) is 3.75. The second kappa shape index (κ2) is 5.69. The van der Waals surface area contributed by atoms with Gasteiger partial charge in [0.1, 0.15) is 11.4 Å². The van der Waals surface area contributed by atoms with E-state index in [9.17, 15) is 5.11 Å². The van der Waals surface area contributed by atoms with Crippen molar-refractivity contribution in [3.05, 3.63) is 23.3 Å². The van der Waals surface area contributed by atoms with Gasteiger partial charge in [0.15, 0.2) is 0 Å². The fourth-order valence-electron chi connectivity index (χ4n) is 4.51. The number of guanidine groups is 2. The van der Waals surface area contributed by atoms with Crippen molar-refractivity contribution >= 4 is 17.6 Å². The summed E-state index contributed by atoms with van der Waals surface area (Å²) >= 11 is 0. The molecule has 0 saturated heterocycles. The van der Waals surface area contributed by atoms with E-state index in [0.29, 0.717) is 11.7 Å². The van der Waals surface area contributed by atoms with Gasteiger partial charge in [-0.15, -0.1) is 0 Å². The highest BCUT2D eigenvalue weighted by molar-refractivity contribution is 6.06. The van der Waals surface area contributed by atoms with Gasteiger partial charge < -0.3 is 16.6 Å². The third kappa shape index (κ3) is 2.32. The summed E-state index contributed by atoms with van der Waals surface area (Å²) in [5.41, 5.74) is 15.2. The van der Waals surface area contributed by atoms with Crippen LogP contribution in [0.4, 0.5) is 5.69 Å². The molecule has 6 heteroatoms. The van der Waals surface area contributed by atoms with Gasteiger partial charge >= 0.3 is 0 Å². The molecule has 128 valence electrons. The molecular weight excluding hydrogens is 302 g/mol. The lowest BCUT2D eigenvalue weighted by Crippen LogP contribution is -2.58. The molecular formula is C18H25N5O. The van der Waals surface area contributed by atoms with E-state index in [1.807, 2.05) is 6.07 Å². The van der Waals surface area contributed by atoms with E-state index >= 15 is 0 Å². The maximum atomic E-state index is 10.3. The third-order valence-electron chi connectivity index (χ3n) is 5.58. The van der Waals surface area contributed by atoms with Crippen molar-refractivity contribution in [1.29, 1.82) is 0 Å². The Labute approximate surface area is 142 Å². The quantitative estimate of drug-likeness (QED) is 0.737. The zero-order chi connectivity index (χ0) is 16.7. The summed E-state index contributed by atoms with van der Waals surface area (Å²) < 4.78 is 0. The molecule has 1 spiro atoms. The topological polar surface area (TPSA) is 100 Å². The Morgan fingerprint density at radius 3 is 2.42 bits per heavy atom. The lowest BCUT2D eigenvalue weighted by molar-refractivity contribution is 0.305. The summed E-state index contributed by atoms with van der Waals surface area (Å²) in [5, 5.41) is 10.3. The van der Waals surface area contributed by atoms with Crippen LogP contribution in [0.3, 0.4) is 0 Å². The van der Waals surface area contributed by atoms with Gasteiger partial charge in [0, 0.05) is 5.69 Å². The molecule has 6 nitrogen and oxygen atoms in total. The van der Waals surface area contributed by atoms with Crippen molar-refractivity contribution in [3.63, 3.8) is 0 Å². The minimum absolute atomic E-state index is 0.276. The van der Waals surface area contributed by atoms with Gasteiger partial charge in [0.2, 0.25) is 11.9 Å². The molecule has 1 aromatic carbocycles. The van der Waals surface area contributed by atoms with Crippen LogP contribution in [0, 0.1) is 0 Å². The number of phenols is 1. The molecule has 5 N–H and O–H groups in total. The number of anilines is 1. The number of nitrogens with two attached hydrogens (primary N) is 2. The van der Waals surface area contributed by atoms with Crippen molar-refractivity contribution in [2.45, 2.75) is 63.5 Å². The molecule has 1 fully saturated rings. The zero-order valence-electron chi connectivity index (χ0n) is 14.0. The van der Waals surface area contributed by atoms with Crippen LogP contribution < -0.4 is 16.4 Å². The zero-order valence-corrected chi connectivity index (χ0v) is 14.0. The maximum absolute atomic E-state index is 10.3. The molecule has 0 atom stereocenters. The predicted molar refractivity (Wildman–Crippen MR) is 96.3 cm³/mol. The first-order chi connectivity index (χ1) is 11.6. The van der Waals surface area contributed by atoms with E-state index < -0.39 is 5.66 Å². The Morgan fingerprint density at radius 1 is 0.958 bits per heavy atom. The minimum atomic E-state index is -0.420.